The number of hydrogen-bond donors (Lipinski definition) is 2. The van der Waals surface area contributed by atoms with E-state index in [2.05, 4.69) is 50.0 Å². The van der Waals surface area contributed by atoms with Crippen LogP contribution in [0.4, 0.5) is 5.95 Å². The molecule has 0 saturated carbocycles. The number of rotatable bonds is 6. The number of ether oxygens (including phenoxy) is 1. The quantitative estimate of drug-likeness (QED) is 0.787. The summed E-state index contributed by atoms with van der Waals surface area (Å²) in [4.78, 5) is 10.6. The van der Waals surface area contributed by atoms with Crippen LogP contribution in [-0.4, -0.2) is 41.2 Å². The Morgan fingerprint density at radius 1 is 1.00 bits per heavy atom. The van der Waals surface area contributed by atoms with Crippen LogP contribution in [0.15, 0.2) is 42.7 Å². The molecule has 0 atom stereocenters. The summed E-state index contributed by atoms with van der Waals surface area (Å²) in [5.74, 6) is 0.575. The van der Waals surface area contributed by atoms with Crippen molar-refractivity contribution in [1.29, 1.82) is 0 Å². The normalized spacial score (nSPS) is 15.6. The summed E-state index contributed by atoms with van der Waals surface area (Å²) >= 11 is 0. The molecule has 116 valence electrons. The maximum atomic E-state index is 5.37. The van der Waals surface area contributed by atoms with Crippen molar-refractivity contribution in [2.45, 2.75) is 13.1 Å². The lowest BCUT2D eigenvalue weighted by Gasteiger charge is -2.26. The molecule has 3 rings (SSSR count). The average molecular weight is 299 g/mol. The predicted octanol–water partition coefficient (Wildman–Crippen LogP) is 1.43. The number of hydrazine groups is 1. The fourth-order valence-electron chi connectivity index (χ4n) is 2.37. The standard InChI is InChI=1S/C16H21N5O/c1-6-17-16(18-7-1)20-19-12-14-2-4-15(5-3-14)13-21-8-10-22-11-9-21/h1-7,19H,8-13H2,(H,17,18,20). The van der Waals surface area contributed by atoms with Gasteiger partial charge in [0.25, 0.3) is 0 Å². The molecule has 2 aromatic rings. The second kappa shape index (κ2) is 7.84. The van der Waals surface area contributed by atoms with Crippen molar-refractivity contribution in [3.05, 3.63) is 53.9 Å². The molecule has 1 fully saturated rings. The van der Waals surface area contributed by atoms with Gasteiger partial charge in [-0.25, -0.2) is 15.4 Å². The minimum absolute atomic E-state index is 0.575. The van der Waals surface area contributed by atoms with Crippen LogP contribution in [0.5, 0.6) is 0 Å². The maximum Gasteiger partial charge on any atom is 0.237 e. The smallest absolute Gasteiger partial charge is 0.237 e. The van der Waals surface area contributed by atoms with Gasteiger partial charge in [0, 0.05) is 38.6 Å². The molecule has 0 bridgehead atoms. The van der Waals surface area contributed by atoms with E-state index in [1.165, 1.54) is 11.1 Å². The van der Waals surface area contributed by atoms with Gasteiger partial charge in [-0.1, -0.05) is 24.3 Å². The summed E-state index contributed by atoms with van der Waals surface area (Å²) in [5, 5.41) is 0. The fraction of sp³-hybridized carbons (Fsp3) is 0.375. The Morgan fingerprint density at radius 3 is 2.41 bits per heavy atom. The van der Waals surface area contributed by atoms with Crippen molar-refractivity contribution in [2.75, 3.05) is 31.7 Å². The first-order valence-corrected chi connectivity index (χ1v) is 7.54. The average Bonchev–Trinajstić information content (AvgIpc) is 2.58. The first kappa shape index (κ1) is 14.9. The van der Waals surface area contributed by atoms with Gasteiger partial charge in [0.15, 0.2) is 0 Å². The van der Waals surface area contributed by atoms with Gasteiger partial charge >= 0.3 is 0 Å². The predicted molar refractivity (Wildman–Crippen MR) is 85.0 cm³/mol. The van der Waals surface area contributed by atoms with Gasteiger partial charge in [-0.15, -0.1) is 0 Å². The van der Waals surface area contributed by atoms with Gasteiger partial charge in [-0.2, -0.15) is 0 Å². The lowest BCUT2D eigenvalue weighted by Crippen LogP contribution is -2.35. The first-order chi connectivity index (χ1) is 10.9. The topological polar surface area (TPSA) is 62.3 Å². The highest BCUT2D eigenvalue weighted by molar-refractivity contribution is 5.24. The van der Waals surface area contributed by atoms with Gasteiger partial charge in [0.05, 0.1) is 13.2 Å². The Kier molecular flexibility index (Phi) is 5.31. The summed E-state index contributed by atoms with van der Waals surface area (Å²) in [6.45, 7) is 5.43. The molecular formula is C16H21N5O. The Labute approximate surface area is 130 Å². The molecule has 1 aromatic carbocycles. The zero-order valence-electron chi connectivity index (χ0n) is 12.5. The monoisotopic (exact) mass is 299 g/mol. The molecule has 2 heterocycles. The molecule has 6 nitrogen and oxygen atoms in total. The van der Waals surface area contributed by atoms with Gasteiger partial charge in [-0.3, -0.25) is 10.3 Å². The zero-order chi connectivity index (χ0) is 15.0. The molecule has 1 aliphatic rings. The minimum Gasteiger partial charge on any atom is -0.379 e. The number of nitrogens with zero attached hydrogens (tertiary/aromatic N) is 3. The number of morpholine rings is 1. The van der Waals surface area contributed by atoms with Gasteiger partial charge < -0.3 is 4.74 Å². The van der Waals surface area contributed by atoms with Crippen LogP contribution >= 0.6 is 0 Å². The first-order valence-electron chi connectivity index (χ1n) is 7.54. The third-order valence-electron chi connectivity index (χ3n) is 3.59. The van der Waals surface area contributed by atoms with Crippen molar-refractivity contribution in [3.63, 3.8) is 0 Å². The van der Waals surface area contributed by atoms with Crippen LogP contribution in [0.1, 0.15) is 11.1 Å². The van der Waals surface area contributed by atoms with Gasteiger partial charge in [0.2, 0.25) is 5.95 Å². The van der Waals surface area contributed by atoms with E-state index in [4.69, 9.17) is 4.74 Å². The third kappa shape index (κ3) is 4.49. The number of benzene rings is 1. The second-order valence-corrected chi connectivity index (χ2v) is 5.26. The maximum absolute atomic E-state index is 5.37. The number of aromatic nitrogens is 2. The molecule has 1 aliphatic heterocycles. The Bertz CT molecular complexity index is 555. The summed E-state index contributed by atoms with van der Waals surface area (Å²) in [6.07, 6.45) is 3.41. The SMILES string of the molecule is c1cnc(NNCc2ccc(CN3CCOCC3)cc2)nc1. The van der Waals surface area contributed by atoms with E-state index in [0.717, 1.165) is 39.4 Å². The minimum atomic E-state index is 0.575. The summed E-state index contributed by atoms with van der Waals surface area (Å²) in [7, 11) is 0. The van der Waals surface area contributed by atoms with Crippen LogP contribution in [0.3, 0.4) is 0 Å². The number of anilines is 1. The van der Waals surface area contributed by atoms with E-state index in [9.17, 15) is 0 Å². The van der Waals surface area contributed by atoms with Crippen LogP contribution in [-0.2, 0) is 17.8 Å². The highest BCUT2D eigenvalue weighted by Gasteiger charge is 2.10. The molecule has 1 aromatic heterocycles. The lowest BCUT2D eigenvalue weighted by molar-refractivity contribution is 0.0342. The molecule has 0 unspecified atom stereocenters. The Balaban J connectivity index is 1.44. The molecule has 0 amide bonds. The molecule has 22 heavy (non-hydrogen) atoms. The summed E-state index contributed by atoms with van der Waals surface area (Å²) in [5.41, 5.74) is 8.65. The number of hydrogen-bond acceptors (Lipinski definition) is 6. The van der Waals surface area contributed by atoms with Crippen LogP contribution in [0.2, 0.25) is 0 Å². The molecular weight excluding hydrogens is 278 g/mol. The van der Waals surface area contributed by atoms with E-state index < -0.39 is 0 Å². The molecule has 0 spiro atoms. The van der Waals surface area contributed by atoms with E-state index in [1.807, 2.05) is 0 Å². The van der Waals surface area contributed by atoms with Crippen molar-refractivity contribution in [2.24, 2.45) is 0 Å². The van der Waals surface area contributed by atoms with E-state index >= 15 is 0 Å². The fourth-order valence-corrected chi connectivity index (χ4v) is 2.37. The van der Waals surface area contributed by atoms with Crippen molar-refractivity contribution >= 4 is 5.95 Å². The van der Waals surface area contributed by atoms with Crippen LogP contribution < -0.4 is 10.9 Å². The largest absolute Gasteiger partial charge is 0.379 e. The van der Waals surface area contributed by atoms with Crippen molar-refractivity contribution in [1.82, 2.24) is 20.3 Å². The Hall–Kier alpha value is -2.02. The van der Waals surface area contributed by atoms with E-state index in [-0.39, 0.29) is 0 Å². The molecule has 0 aliphatic carbocycles. The molecule has 2 N–H and O–H groups in total. The van der Waals surface area contributed by atoms with Crippen LogP contribution in [0.25, 0.3) is 0 Å². The third-order valence-corrected chi connectivity index (χ3v) is 3.59. The molecule has 1 saturated heterocycles. The highest BCUT2D eigenvalue weighted by Crippen LogP contribution is 2.09. The zero-order valence-corrected chi connectivity index (χ0v) is 12.5. The molecule has 0 radical (unpaired) electrons. The second-order valence-electron chi connectivity index (χ2n) is 5.26. The summed E-state index contributed by atoms with van der Waals surface area (Å²) < 4.78 is 5.37. The summed E-state index contributed by atoms with van der Waals surface area (Å²) in [6, 6.07) is 10.5. The van der Waals surface area contributed by atoms with Crippen molar-refractivity contribution < 1.29 is 4.74 Å². The van der Waals surface area contributed by atoms with E-state index in [1.54, 1.807) is 18.5 Å². The molecule has 6 heteroatoms. The Morgan fingerprint density at radius 2 is 1.68 bits per heavy atom. The number of nitrogens with one attached hydrogen (secondary N) is 2. The van der Waals surface area contributed by atoms with E-state index in [0.29, 0.717) is 5.95 Å². The van der Waals surface area contributed by atoms with Crippen LogP contribution in [0, 0.1) is 0 Å². The highest BCUT2D eigenvalue weighted by atomic mass is 16.5. The van der Waals surface area contributed by atoms with Gasteiger partial charge in [-0.05, 0) is 17.2 Å². The van der Waals surface area contributed by atoms with Gasteiger partial charge in [0.1, 0.15) is 0 Å². The lowest BCUT2D eigenvalue weighted by atomic mass is 10.1. The van der Waals surface area contributed by atoms with Crippen molar-refractivity contribution in [3.8, 4) is 0 Å².